The SMILES string of the molecule is COCC(C)Nc1nc(-c2ccccc2)nc2c1CCNC2. The first-order chi connectivity index (χ1) is 10.8. The summed E-state index contributed by atoms with van der Waals surface area (Å²) in [4.78, 5) is 9.53. The van der Waals surface area contributed by atoms with Gasteiger partial charge in [-0.25, -0.2) is 9.97 Å². The van der Waals surface area contributed by atoms with E-state index in [1.54, 1.807) is 7.11 Å². The molecule has 0 spiro atoms. The molecule has 2 aromatic rings. The minimum absolute atomic E-state index is 0.211. The van der Waals surface area contributed by atoms with Gasteiger partial charge in [0, 0.05) is 30.8 Å². The molecule has 5 nitrogen and oxygen atoms in total. The maximum absolute atomic E-state index is 5.22. The molecule has 0 bridgehead atoms. The van der Waals surface area contributed by atoms with Crippen LogP contribution in [0.5, 0.6) is 0 Å². The predicted octanol–water partition coefficient (Wildman–Crippen LogP) is 2.24. The maximum Gasteiger partial charge on any atom is 0.161 e. The molecule has 0 aliphatic carbocycles. The third-order valence-electron chi connectivity index (χ3n) is 3.77. The van der Waals surface area contributed by atoms with Crippen LogP contribution in [-0.4, -0.2) is 36.3 Å². The maximum atomic E-state index is 5.22. The van der Waals surface area contributed by atoms with Crippen molar-refractivity contribution in [3.63, 3.8) is 0 Å². The molecule has 1 aromatic heterocycles. The van der Waals surface area contributed by atoms with E-state index in [4.69, 9.17) is 14.7 Å². The van der Waals surface area contributed by atoms with E-state index in [-0.39, 0.29) is 6.04 Å². The van der Waals surface area contributed by atoms with E-state index in [1.807, 2.05) is 30.3 Å². The van der Waals surface area contributed by atoms with Crippen molar-refractivity contribution in [2.75, 3.05) is 25.6 Å². The number of hydrogen-bond acceptors (Lipinski definition) is 5. The Morgan fingerprint density at radius 2 is 2.09 bits per heavy atom. The summed E-state index contributed by atoms with van der Waals surface area (Å²) >= 11 is 0. The van der Waals surface area contributed by atoms with E-state index in [9.17, 15) is 0 Å². The van der Waals surface area contributed by atoms with Gasteiger partial charge in [0.15, 0.2) is 5.82 Å². The largest absolute Gasteiger partial charge is 0.383 e. The first-order valence-corrected chi connectivity index (χ1v) is 7.69. The number of fused-ring (bicyclic) bond motifs is 1. The van der Waals surface area contributed by atoms with Gasteiger partial charge in [-0.05, 0) is 19.9 Å². The summed E-state index contributed by atoms with van der Waals surface area (Å²) < 4.78 is 5.22. The van der Waals surface area contributed by atoms with Gasteiger partial charge in [-0.3, -0.25) is 0 Å². The molecule has 1 aliphatic rings. The molecule has 1 aromatic carbocycles. The molecule has 0 amide bonds. The lowest BCUT2D eigenvalue weighted by Crippen LogP contribution is -2.29. The van der Waals surface area contributed by atoms with Crippen molar-refractivity contribution in [3.8, 4) is 11.4 Å². The van der Waals surface area contributed by atoms with Crippen molar-refractivity contribution in [1.29, 1.82) is 0 Å². The molecule has 1 aliphatic heterocycles. The normalized spacial score (nSPS) is 15.2. The van der Waals surface area contributed by atoms with Gasteiger partial charge in [-0.2, -0.15) is 0 Å². The van der Waals surface area contributed by atoms with Gasteiger partial charge in [0.2, 0.25) is 0 Å². The van der Waals surface area contributed by atoms with E-state index >= 15 is 0 Å². The highest BCUT2D eigenvalue weighted by atomic mass is 16.5. The number of anilines is 1. The van der Waals surface area contributed by atoms with Gasteiger partial charge in [0.05, 0.1) is 12.3 Å². The summed E-state index contributed by atoms with van der Waals surface area (Å²) in [5.41, 5.74) is 3.35. The van der Waals surface area contributed by atoms with Crippen LogP contribution in [0.1, 0.15) is 18.2 Å². The summed E-state index contributed by atoms with van der Waals surface area (Å²) in [7, 11) is 1.72. The van der Waals surface area contributed by atoms with Crippen LogP contribution < -0.4 is 10.6 Å². The molecular weight excluding hydrogens is 276 g/mol. The van der Waals surface area contributed by atoms with Crippen LogP contribution in [0.2, 0.25) is 0 Å². The van der Waals surface area contributed by atoms with Crippen molar-refractivity contribution in [3.05, 3.63) is 41.6 Å². The zero-order valence-electron chi connectivity index (χ0n) is 13.1. The molecular formula is C17H22N4O. The van der Waals surface area contributed by atoms with Crippen LogP contribution in [0.25, 0.3) is 11.4 Å². The van der Waals surface area contributed by atoms with E-state index in [0.29, 0.717) is 6.61 Å². The average Bonchev–Trinajstić information content (AvgIpc) is 2.56. The smallest absolute Gasteiger partial charge is 0.161 e. The summed E-state index contributed by atoms with van der Waals surface area (Å²) in [6, 6.07) is 10.3. The highest BCUT2D eigenvalue weighted by molar-refractivity contribution is 5.60. The Kier molecular flexibility index (Phi) is 4.65. The number of benzene rings is 1. The fourth-order valence-electron chi connectivity index (χ4n) is 2.72. The zero-order chi connectivity index (χ0) is 15.4. The first-order valence-electron chi connectivity index (χ1n) is 7.69. The molecule has 0 radical (unpaired) electrons. The number of nitrogens with zero attached hydrogens (tertiary/aromatic N) is 2. The second-order valence-electron chi connectivity index (χ2n) is 5.61. The highest BCUT2D eigenvalue weighted by Crippen LogP contribution is 2.25. The van der Waals surface area contributed by atoms with Crippen LogP contribution in [-0.2, 0) is 17.7 Å². The summed E-state index contributed by atoms with van der Waals surface area (Å²) in [5, 5.41) is 6.86. The molecule has 0 fully saturated rings. The molecule has 2 heterocycles. The van der Waals surface area contributed by atoms with Gasteiger partial charge < -0.3 is 15.4 Å². The van der Waals surface area contributed by atoms with E-state index in [0.717, 1.165) is 42.4 Å². The van der Waals surface area contributed by atoms with Crippen molar-refractivity contribution < 1.29 is 4.74 Å². The Morgan fingerprint density at radius 1 is 1.27 bits per heavy atom. The van der Waals surface area contributed by atoms with Crippen LogP contribution in [0.4, 0.5) is 5.82 Å². The number of aromatic nitrogens is 2. The molecule has 5 heteroatoms. The lowest BCUT2D eigenvalue weighted by Gasteiger charge is -2.23. The van der Waals surface area contributed by atoms with Gasteiger partial charge in [0.25, 0.3) is 0 Å². The number of rotatable bonds is 5. The van der Waals surface area contributed by atoms with Gasteiger partial charge in [0.1, 0.15) is 5.82 Å². The van der Waals surface area contributed by atoms with Gasteiger partial charge in [-0.15, -0.1) is 0 Å². The topological polar surface area (TPSA) is 59.1 Å². The summed E-state index contributed by atoms with van der Waals surface area (Å²) in [6.07, 6.45) is 0.951. The Bertz CT molecular complexity index is 630. The van der Waals surface area contributed by atoms with Crippen molar-refractivity contribution >= 4 is 5.82 Å². The van der Waals surface area contributed by atoms with Gasteiger partial charge >= 0.3 is 0 Å². The quantitative estimate of drug-likeness (QED) is 0.886. The molecule has 2 N–H and O–H groups in total. The third-order valence-corrected chi connectivity index (χ3v) is 3.77. The molecule has 116 valence electrons. The zero-order valence-corrected chi connectivity index (χ0v) is 13.1. The Hall–Kier alpha value is -1.98. The second-order valence-corrected chi connectivity index (χ2v) is 5.61. The van der Waals surface area contributed by atoms with E-state index < -0.39 is 0 Å². The monoisotopic (exact) mass is 298 g/mol. The molecule has 0 saturated carbocycles. The first kappa shape index (κ1) is 14.9. The average molecular weight is 298 g/mol. The Balaban J connectivity index is 1.99. The number of methoxy groups -OCH3 is 1. The number of nitrogens with one attached hydrogen (secondary N) is 2. The van der Waals surface area contributed by atoms with E-state index in [1.165, 1.54) is 5.56 Å². The fourth-order valence-corrected chi connectivity index (χ4v) is 2.72. The lowest BCUT2D eigenvalue weighted by molar-refractivity contribution is 0.190. The minimum Gasteiger partial charge on any atom is -0.383 e. The molecule has 0 saturated heterocycles. The fraction of sp³-hybridized carbons (Fsp3) is 0.412. The minimum atomic E-state index is 0.211. The molecule has 1 atom stereocenters. The number of ether oxygens (including phenoxy) is 1. The molecule has 1 unspecified atom stereocenters. The standard InChI is InChI=1S/C17H22N4O/c1-12(11-22-2)19-17-14-8-9-18-10-15(14)20-16(21-17)13-6-4-3-5-7-13/h3-7,12,18H,8-11H2,1-2H3,(H,19,20,21). The van der Waals surface area contributed by atoms with Crippen LogP contribution >= 0.6 is 0 Å². The third kappa shape index (κ3) is 3.26. The van der Waals surface area contributed by atoms with Crippen LogP contribution in [0.15, 0.2) is 30.3 Å². The van der Waals surface area contributed by atoms with Crippen molar-refractivity contribution in [2.24, 2.45) is 0 Å². The van der Waals surface area contributed by atoms with Crippen molar-refractivity contribution in [2.45, 2.75) is 25.9 Å². The van der Waals surface area contributed by atoms with Gasteiger partial charge in [-0.1, -0.05) is 30.3 Å². The summed E-state index contributed by atoms with van der Waals surface area (Å²) in [5.74, 6) is 1.71. The highest BCUT2D eigenvalue weighted by Gasteiger charge is 2.19. The Morgan fingerprint density at radius 3 is 2.86 bits per heavy atom. The van der Waals surface area contributed by atoms with Crippen LogP contribution in [0.3, 0.4) is 0 Å². The summed E-state index contributed by atoms with van der Waals surface area (Å²) in [6.45, 7) is 4.51. The molecule has 3 rings (SSSR count). The second kappa shape index (κ2) is 6.85. The molecule has 22 heavy (non-hydrogen) atoms. The van der Waals surface area contributed by atoms with Crippen LogP contribution in [0, 0.1) is 0 Å². The number of hydrogen-bond donors (Lipinski definition) is 2. The lowest BCUT2D eigenvalue weighted by atomic mass is 10.1. The Labute approximate surface area is 131 Å². The predicted molar refractivity (Wildman–Crippen MR) is 87.8 cm³/mol. The van der Waals surface area contributed by atoms with E-state index in [2.05, 4.69) is 17.6 Å². The van der Waals surface area contributed by atoms with Crippen molar-refractivity contribution in [1.82, 2.24) is 15.3 Å².